The fourth-order valence-electron chi connectivity index (χ4n) is 2.68. The summed E-state index contributed by atoms with van der Waals surface area (Å²) in [7, 11) is 0. The second-order valence-corrected chi connectivity index (χ2v) is 6.09. The van der Waals surface area contributed by atoms with Gasteiger partial charge in [0.25, 0.3) is 0 Å². The number of benzene rings is 1. The van der Waals surface area contributed by atoms with Gasteiger partial charge in [-0.25, -0.2) is 14.5 Å². The average molecular weight is 322 g/mol. The van der Waals surface area contributed by atoms with Crippen LogP contribution in [0, 0.1) is 18.8 Å². The predicted octanol–water partition coefficient (Wildman–Crippen LogP) is 3.98. The molecule has 0 N–H and O–H groups in total. The topological polar surface area (TPSA) is 71.1 Å². The minimum atomic E-state index is -1.01. The molecular formula is C17H22O6. The van der Waals surface area contributed by atoms with Gasteiger partial charge in [-0.1, -0.05) is 32.0 Å². The first-order valence-corrected chi connectivity index (χ1v) is 7.79. The van der Waals surface area contributed by atoms with Gasteiger partial charge in [0.05, 0.1) is 10.6 Å². The lowest BCUT2D eigenvalue weighted by Gasteiger charge is -2.30. The molecule has 126 valence electrons. The third-order valence-corrected chi connectivity index (χ3v) is 4.39. The van der Waals surface area contributed by atoms with E-state index in [1.807, 2.05) is 0 Å². The van der Waals surface area contributed by atoms with Gasteiger partial charge >= 0.3 is 12.1 Å². The molecule has 0 amide bonds. The van der Waals surface area contributed by atoms with E-state index < -0.39 is 12.1 Å². The molecular weight excluding hydrogens is 300 g/mol. The van der Waals surface area contributed by atoms with Gasteiger partial charge in [0.15, 0.2) is 0 Å². The second kappa shape index (κ2) is 7.97. The molecule has 1 aliphatic rings. The summed E-state index contributed by atoms with van der Waals surface area (Å²) in [5.41, 5.74) is 1.06. The number of aryl methyl sites for hydroxylation is 1. The van der Waals surface area contributed by atoms with Crippen molar-refractivity contribution in [2.75, 3.05) is 0 Å². The fraction of sp³-hybridized carbons (Fsp3) is 0.529. The first-order chi connectivity index (χ1) is 11.0. The Labute approximate surface area is 135 Å². The summed E-state index contributed by atoms with van der Waals surface area (Å²) in [6.07, 6.45) is 1.39. The highest BCUT2D eigenvalue weighted by Gasteiger charge is 2.28. The molecule has 1 aromatic rings. The van der Waals surface area contributed by atoms with Gasteiger partial charge in [-0.2, -0.15) is 0 Å². The monoisotopic (exact) mass is 322 g/mol. The van der Waals surface area contributed by atoms with Crippen LogP contribution < -0.4 is 0 Å². The molecule has 23 heavy (non-hydrogen) atoms. The molecule has 6 heteroatoms. The average Bonchev–Trinajstić information content (AvgIpc) is 2.51. The Hall–Kier alpha value is -2.08. The van der Waals surface area contributed by atoms with Crippen molar-refractivity contribution >= 4 is 12.1 Å². The van der Waals surface area contributed by atoms with Crippen molar-refractivity contribution in [3.05, 3.63) is 35.4 Å². The van der Waals surface area contributed by atoms with Crippen LogP contribution >= 0.6 is 0 Å². The number of rotatable bonds is 4. The fourth-order valence-corrected chi connectivity index (χ4v) is 2.68. The molecule has 0 saturated heterocycles. The molecule has 1 fully saturated rings. The summed E-state index contributed by atoms with van der Waals surface area (Å²) >= 11 is 0. The van der Waals surface area contributed by atoms with E-state index in [-0.39, 0.29) is 6.10 Å². The molecule has 0 heterocycles. The quantitative estimate of drug-likeness (QED) is 0.474. The lowest BCUT2D eigenvalue weighted by atomic mass is 9.80. The van der Waals surface area contributed by atoms with E-state index in [0.717, 1.165) is 24.8 Å². The second-order valence-electron chi connectivity index (χ2n) is 6.09. The van der Waals surface area contributed by atoms with Crippen LogP contribution in [0.1, 0.15) is 49.0 Å². The molecule has 0 radical (unpaired) electrons. The Balaban J connectivity index is 1.71. The van der Waals surface area contributed by atoms with Crippen LogP contribution in [0.5, 0.6) is 0 Å². The molecule has 1 saturated carbocycles. The van der Waals surface area contributed by atoms with Crippen molar-refractivity contribution in [3.8, 4) is 0 Å². The SMILES string of the molecule is Cc1ccccc1C(=O)OOOC(=O)OC1CCC(C)C(C)C1. The molecule has 3 atom stereocenters. The summed E-state index contributed by atoms with van der Waals surface area (Å²) in [6.45, 7) is 6.08. The van der Waals surface area contributed by atoms with Crippen LogP contribution in [-0.2, 0) is 19.6 Å². The van der Waals surface area contributed by atoms with E-state index in [9.17, 15) is 9.59 Å². The third kappa shape index (κ3) is 4.96. The molecule has 2 rings (SSSR count). The number of ether oxygens (including phenoxy) is 1. The van der Waals surface area contributed by atoms with Gasteiger partial charge in [-0.3, -0.25) is 4.89 Å². The van der Waals surface area contributed by atoms with Crippen LogP contribution in [0.15, 0.2) is 24.3 Å². The van der Waals surface area contributed by atoms with Gasteiger partial charge in [0, 0.05) is 0 Å². The minimum Gasteiger partial charge on any atom is -0.429 e. The molecule has 0 aromatic heterocycles. The van der Waals surface area contributed by atoms with Crippen LogP contribution in [0.25, 0.3) is 0 Å². The Morgan fingerprint density at radius 3 is 2.48 bits per heavy atom. The number of carbonyl (C=O) groups is 2. The van der Waals surface area contributed by atoms with Gasteiger partial charge in [-0.05, 0) is 49.7 Å². The van der Waals surface area contributed by atoms with Crippen LogP contribution in [0.4, 0.5) is 4.79 Å². The minimum absolute atomic E-state index is 0.190. The van der Waals surface area contributed by atoms with Gasteiger partial charge in [0.2, 0.25) is 0 Å². The summed E-state index contributed by atoms with van der Waals surface area (Å²) < 4.78 is 5.14. The summed E-state index contributed by atoms with van der Waals surface area (Å²) in [6, 6.07) is 6.84. The normalized spacial score (nSPS) is 23.9. The maximum atomic E-state index is 11.7. The lowest BCUT2D eigenvalue weighted by Crippen LogP contribution is -2.29. The molecule has 0 spiro atoms. The van der Waals surface area contributed by atoms with E-state index in [4.69, 9.17) is 4.74 Å². The Kier molecular flexibility index (Phi) is 5.98. The highest BCUT2D eigenvalue weighted by Crippen LogP contribution is 2.31. The van der Waals surface area contributed by atoms with Crippen molar-refractivity contribution in [2.45, 2.75) is 46.1 Å². The molecule has 3 unspecified atom stereocenters. The molecule has 1 aromatic carbocycles. The Bertz CT molecular complexity index is 556. The van der Waals surface area contributed by atoms with Crippen molar-refractivity contribution in [1.29, 1.82) is 0 Å². The summed E-state index contributed by atoms with van der Waals surface area (Å²) in [4.78, 5) is 32.0. The molecule has 0 aliphatic heterocycles. The molecule has 6 nitrogen and oxygen atoms in total. The predicted molar refractivity (Wildman–Crippen MR) is 81.2 cm³/mol. The third-order valence-electron chi connectivity index (χ3n) is 4.39. The van der Waals surface area contributed by atoms with Crippen molar-refractivity contribution in [3.63, 3.8) is 0 Å². The zero-order chi connectivity index (χ0) is 16.8. The van der Waals surface area contributed by atoms with E-state index in [2.05, 4.69) is 28.7 Å². The molecule has 0 bridgehead atoms. The largest absolute Gasteiger partial charge is 0.543 e. The zero-order valence-corrected chi connectivity index (χ0v) is 13.6. The van der Waals surface area contributed by atoms with Crippen LogP contribution in [0.2, 0.25) is 0 Å². The number of carbonyl (C=O) groups excluding carboxylic acids is 2. The maximum Gasteiger partial charge on any atom is 0.543 e. The zero-order valence-electron chi connectivity index (χ0n) is 13.6. The van der Waals surface area contributed by atoms with Gasteiger partial charge < -0.3 is 4.74 Å². The van der Waals surface area contributed by atoms with Gasteiger partial charge in [-0.15, -0.1) is 0 Å². The van der Waals surface area contributed by atoms with Crippen molar-refractivity contribution in [1.82, 2.24) is 0 Å². The van der Waals surface area contributed by atoms with E-state index in [1.54, 1.807) is 31.2 Å². The standard InChI is InChI=1S/C17H22O6/c1-11-8-9-14(10-13(11)3)20-17(19)22-23-21-16(18)15-7-5-4-6-12(15)2/h4-7,11,13-14H,8-10H2,1-3H3. The molecule has 1 aliphatic carbocycles. The lowest BCUT2D eigenvalue weighted by molar-refractivity contribution is -0.453. The smallest absolute Gasteiger partial charge is 0.429 e. The van der Waals surface area contributed by atoms with Crippen LogP contribution in [0.3, 0.4) is 0 Å². The Morgan fingerprint density at radius 2 is 1.78 bits per heavy atom. The Morgan fingerprint density at radius 1 is 1.04 bits per heavy atom. The van der Waals surface area contributed by atoms with Crippen LogP contribution in [-0.4, -0.2) is 18.2 Å². The van der Waals surface area contributed by atoms with Crippen molar-refractivity contribution < 1.29 is 29.1 Å². The first kappa shape index (κ1) is 17.3. The van der Waals surface area contributed by atoms with E-state index in [1.165, 1.54) is 0 Å². The first-order valence-electron chi connectivity index (χ1n) is 7.79. The van der Waals surface area contributed by atoms with Crippen molar-refractivity contribution in [2.24, 2.45) is 11.8 Å². The maximum absolute atomic E-state index is 11.7. The highest BCUT2D eigenvalue weighted by molar-refractivity contribution is 5.90. The number of hydrogen-bond donors (Lipinski definition) is 0. The van der Waals surface area contributed by atoms with E-state index >= 15 is 0 Å². The van der Waals surface area contributed by atoms with Gasteiger partial charge in [0.1, 0.15) is 6.10 Å². The number of hydrogen-bond acceptors (Lipinski definition) is 6. The summed E-state index contributed by atoms with van der Waals surface area (Å²) in [5, 5.41) is 4.23. The highest BCUT2D eigenvalue weighted by atomic mass is 17.5. The van der Waals surface area contributed by atoms with E-state index in [0.29, 0.717) is 17.4 Å². The summed E-state index contributed by atoms with van der Waals surface area (Å²) in [5.74, 6) is 0.370.